The van der Waals surface area contributed by atoms with E-state index in [0.717, 1.165) is 6.42 Å². The zero-order valence-electron chi connectivity index (χ0n) is 12.0. The molecule has 0 saturated carbocycles. The van der Waals surface area contributed by atoms with Crippen molar-refractivity contribution in [2.24, 2.45) is 13.0 Å². The molecule has 0 amide bonds. The van der Waals surface area contributed by atoms with Crippen molar-refractivity contribution in [3.63, 3.8) is 0 Å². The van der Waals surface area contributed by atoms with Crippen LogP contribution in [0, 0.1) is 23.0 Å². The van der Waals surface area contributed by atoms with Crippen LogP contribution in [0.3, 0.4) is 0 Å². The lowest BCUT2D eigenvalue weighted by Gasteiger charge is -2.08. The van der Waals surface area contributed by atoms with Crippen LogP contribution in [-0.4, -0.2) is 34.5 Å². The molecule has 0 bridgehead atoms. The fraction of sp³-hybridized carbons (Fsp3) is 0.750. The SMILES string of the molecule is Cc1nn(C)c(NCCOCCC(C)C)c1[N+](=O)[O-]. The number of hydrogen-bond acceptors (Lipinski definition) is 5. The van der Waals surface area contributed by atoms with Crippen molar-refractivity contribution in [1.82, 2.24) is 9.78 Å². The van der Waals surface area contributed by atoms with E-state index in [2.05, 4.69) is 24.3 Å². The summed E-state index contributed by atoms with van der Waals surface area (Å²) in [6, 6.07) is 0. The van der Waals surface area contributed by atoms with E-state index in [0.29, 0.717) is 37.2 Å². The highest BCUT2D eigenvalue weighted by Gasteiger charge is 2.23. The predicted octanol–water partition coefficient (Wildman–Crippen LogP) is 2.11. The third kappa shape index (κ3) is 4.51. The van der Waals surface area contributed by atoms with Crippen molar-refractivity contribution in [3.05, 3.63) is 15.8 Å². The largest absolute Gasteiger partial charge is 0.380 e. The maximum Gasteiger partial charge on any atom is 0.333 e. The van der Waals surface area contributed by atoms with Crippen LogP contribution in [0.15, 0.2) is 0 Å². The number of nitrogens with zero attached hydrogens (tertiary/aromatic N) is 3. The van der Waals surface area contributed by atoms with Gasteiger partial charge in [-0.1, -0.05) is 13.8 Å². The summed E-state index contributed by atoms with van der Waals surface area (Å²) < 4.78 is 6.94. The second kappa shape index (κ2) is 7.08. The van der Waals surface area contributed by atoms with Gasteiger partial charge in [0.25, 0.3) is 0 Å². The average Bonchev–Trinajstić information content (AvgIpc) is 2.58. The molecule has 0 radical (unpaired) electrons. The van der Waals surface area contributed by atoms with Gasteiger partial charge in [0.15, 0.2) is 0 Å². The van der Waals surface area contributed by atoms with E-state index in [9.17, 15) is 10.1 Å². The number of ether oxygens (including phenoxy) is 1. The Labute approximate surface area is 113 Å². The van der Waals surface area contributed by atoms with Gasteiger partial charge in [0.2, 0.25) is 5.82 Å². The van der Waals surface area contributed by atoms with Gasteiger partial charge in [-0.25, -0.2) is 4.68 Å². The van der Waals surface area contributed by atoms with Gasteiger partial charge >= 0.3 is 5.69 Å². The van der Waals surface area contributed by atoms with Crippen LogP contribution < -0.4 is 5.32 Å². The zero-order valence-corrected chi connectivity index (χ0v) is 12.0. The molecule has 0 aromatic carbocycles. The molecule has 0 aliphatic heterocycles. The summed E-state index contributed by atoms with van der Waals surface area (Å²) in [6.07, 6.45) is 1.02. The quantitative estimate of drug-likeness (QED) is 0.444. The third-order valence-electron chi connectivity index (χ3n) is 2.75. The molecular weight excluding hydrogens is 248 g/mol. The average molecular weight is 270 g/mol. The van der Waals surface area contributed by atoms with E-state index >= 15 is 0 Å². The van der Waals surface area contributed by atoms with E-state index in [1.54, 1.807) is 14.0 Å². The van der Waals surface area contributed by atoms with Crippen molar-refractivity contribution in [2.75, 3.05) is 25.1 Å². The maximum absolute atomic E-state index is 10.9. The highest BCUT2D eigenvalue weighted by molar-refractivity contribution is 5.59. The molecule has 1 rings (SSSR count). The lowest BCUT2D eigenvalue weighted by atomic mass is 10.1. The molecule has 0 unspecified atom stereocenters. The highest BCUT2D eigenvalue weighted by Crippen LogP contribution is 2.26. The van der Waals surface area contributed by atoms with Gasteiger partial charge < -0.3 is 10.1 Å². The first kappa shape index (κ1) is 15.4. The lowest BCUT2D eigenvalue weighted by Crippen LogP contribution is -2.13. The van der Waals surface area contributed by atoms with Gasteiger partial charge in [-0.05, 0) is 19.3 Å². The number of anilines is 1. The van der Waals surface area contributed by atoms with Gasteiger partial charge in [0.05, 0.1) is 11.5 Å². The first-order valence-electron chi connectivity index (χ1n) is 6.43. The number of nitrogens with one attached hydrogen (secondary N) is 1. The van der Waals surface area contributed by atoms with Crippen LogP contribution in [0.5, 0.6) is 0 Å². The molecule has 1 heterocycles. The standard InChI is InChI=1S/C12H22N4O3/c1-9(2)5-7-19-8-6-13-12-11(16(17)18)10(3)14-15(12)4/h9,13H,5-8H2,1-4H3. The van der Waals surface area contributed by atoms with Crippen LogP contribution >= 0.6 is 0 Å². The molecule has 7 heteroatoms. The monoisotopic (exact) mass is 270 g/mol. The van der Waals surface area contributed by atoms with E-state index in [-0.39, 0.29) is 5.69 Å². The molecule has 1 N–H and O–H groups in total. The molecule has 108 valence electrons. The van der Waals surface area contributed by atoms with Crippen molar-refractivity contribution in [2.45, 2.75) is 27.2 Å². The second-order valence-corrected chi connectivity index (χ2v) is 4.89. The highest BCUT2D eigenvalue weighted by atomic mass is 16.6. The Morgan fingerprint density at radius 1 is 1.47 bits per heavy atom. The van der Waals surface area contributed by atoms with Gasteiger partial charge in [-0.15, -0.1) is 0 Å². The summed E-state index contributed by atoms with van der Waals surface area (Å²) in [5.41, 5.74) is 0.445. The summed E-state index contributed by atoms with van der Waals surface area (Å²) in [5, 5.41) is 18.0. The molecule has 19 heavy (non-hydrogen) atoms. The van der Waals surface area contributed by atoms with Crippen molar-refractivity contribution in [1.29, 1.82) is 0 Å². The van der Waals surface area contributed by atoms with Crippen LogP contribution in [0.25, 0.3) is 0 Å². The molecule has 1 aromatic heterocycles. The lowest BCUT2D eigenvalue weighted by molar-refractivity contribution is -0.384. The Morgan fingerprint density at radius 2 is 2.16 bits per heavy atom. The minimum atomic E-state index is -0.412. The first-order chi connectivity index (χ1) is 8.93. The van der Waals surface area contributed by atoms with Crippen LogP contribution in [-0.2, 0) is 11.8 Å². The maximum atomic E-state index is 10.9. The summed E-state index contributed by atoms with van der Waals surface area (Å²) >= 11 is 0. The molecule has 0 fully saturated rings. The molecule has 7 nitrogen and oxygen atoms in total. The molecule has 0 atom stereocenters. The molecular formula is C12H22N4O3. The second-order valence-electron chi connectivity index (χ2n) is 4.89. The van der Waals surface area contributed by atoms with Crippen molar-refractivity contribution < 1.29 is 9.66 Å². The van der Waals surface area contributed by atoms with Crippen molar-refractivity contribution in [3.8, 4) is 0 Å². The smallest absolute Gasteiger partial charge is 0.333 e. The summed E-state index contributed by atoms with van der Waals surface area (Å²) in [7, 11) is 1.68. The van der Waals surface area contributed by atoms with Crippen LogP contribution in [0.1, 0.15) is 26.0 Å². The fourth-order valence-electron chi connectivity index (χ4n) is 1.73. The first-order valence-corrected chi connectivity index (χ1v) is 6.43. The summed E-state index contributed by atoms with van der Waals surface area (Å²) in [6.45, 7) is 7.67. The Balaban J connectivity index is 2.43. The van der Waals surface area contributed by atoms with E-state index in [4.69, 9.17) is 4.74 Å². The summed E-state index contributed by atoms with van der Waals surface area (Å²) in [4.78, 5) is 10.5. The van der Waals surface area contributed by atoms with Gasteiger partial charge in [0.1, 0.15) is 5.69 Å². The van der Waals surface area contributed by atoms with E-state index in [1.807, 2.05) is 0 Å². The predicted molar refractivity (Wildman–Crippen MR) is 73.4 cm³/mol. The van der Waals surface area contributed by atoms with E-state index < -0.39 is 4.92 Å². The number of aryl methyl sites for hydroxylation is 2. The number of nitro groups is 1. The Kier molecular flexibility index (Phi) is 5.75. The topological polar surface area (TPSA) is 82.2 Å². The zero-order chi connectivity index (χ0) is 14.4. The van der Waals surface area contributed by atoms with Crippen LogP contribution in [0.2, 0.25) is 0 Å². The number of rotatable bonds is 8. The van der Waals surface area contributed by atoms with Gasteiger partial charge in [-0.3, -0.25) is 10.1 Å². The number of hydrogen-bond donors (Lipinski definition) is 1. The van der Waals surface area contributed by atoms with Crippen LogP contribution in [0.4, 0.5) is 11.5 Å². The number of aromatic nitrogens is 2. The van der Waals surface area contributed by atoms with E-state index in [1.165, 1.54) is 4.68 Å². The summed E-state index contributed by atoms with van der Waals surface area (Å²) in [5.74, 6) is 1.05. The molecule has 0 spiro atoms. The Bertz CT molecular complexity index is 429. The Morgan fingerprint density at radius 3 is 2.74 bits per heavy atom. The molecule has 1 aromatic rings. The normalized spacial score (nSPS) is 11.0. The van der Waals surface area contributed by atoms with Gasteiger partial charge in [0, 0.05) is 20.2 Å². The van der Waals surface area contributed by atoms with Gasteiger partial charge in [-0.2, -0.15) is 5.10 Å². The van der Waals surface area contributed by atoms with Crippen molar-refractivity contribution >= 4 is 11.5 Å². The molecule has 0 aliphatic carbocycles. The Hall–Kier alpha value is -1.63. The minimum absolute atomic E-state index is 0.0321. The fourth-order valence-corrected chi connectivity index (χ4v) is 1.73. The molecule has 0 aliphatic rings. The molecule has 0 saturated heterocycles. The minimum Gasteiger partial charge on any atom is -0.380 e. The third-order valence-corrected chi connectivity index (χ3v) is 2.75.